The number of aryl methyl sites for hydroxylation is 2. The number of carbonyl (C=O) groups excluding carboxylic acids is 1. The summed E-state index contributed by atoms with van der Waals surface area (Å²) in [5, 5.41) is 6.17. The number of furan rings is 1. The first-order valence-corrected chi connectivity index (χ1v) is 10.5. The fourth-order valence-electron chi connectivity index (χ4n) is 3.47. The van der Waals surface area contributed by atoms with Crippen molar-refractivity contribution in [2.45, 2.75) is 26.7 Å². The molecule has 0 radical (unpaired) electrons. The molecule has 1 fully saturated rings. The molecule has 4 heterocycles. The third-order valence-corrected chi connectivity index (χ3v) is 5.93. The van der Waals surface area contributed by atoms with Crippen LogP contribution in [0.15, 0.2) is 34.2 Å². The summed E-state index contributed by atoms with van der Waals surface area (Å²) in [7, 11) is 0. The number of aromatic nitrogens is 2. The maximum Gasteiger partial charge on any atom is 0.229 e. The van der Waals surface area contributed by atoms with Gasteiger partial charge in [-0.25, -0.2) is 9.97 Å². The second-order valence-corrected chi connectivity index (χ2v) is 8.24. The number of hydrogen-bond acceptors (Lipinski definition) is 6. The van der Waals surface area contributed by atoms with Crippen LogP contribution in [0.3, 0.4) is 0 Å². The third kappa shape index (κ3) is 4.05. The van der Waals surface area contributed by atoms with Gasteiger partial charge in [0.05, 0.1) is 10.7 Å². The van der Waals surface area contributed by atoms with E-state index in [-0.39, 0.29) is 11.8 Å². The lowest BCUT2D eigenvalue weighted by Gasteiger charge is -2.31. The SMILES string of the molecule is Cc1cc(-c2csc(NC(=O)C3CCN(c4ccc(Cl)cn4)CC3)n2)c(C)o1. The average Bonchev–Trinajstić information content (AvgIpc) is 3.28. The van der Waals surface area contributed by atoms with Gasteiger partial charge in [-0.15, -0.1) is 11.3 Å². The van der Waals surface area contributed by atoms with E-state index in [1.165, 1.54) is 11.3 Å². The molecule has 146 valence electrons. The molecule has 1 aliphatic heterocycles. The van der Waals surface area contributed by atoms with Gasteiger partial charge in [0.25, 0.3) is 0 Å². The number of nitrogens with one attached hydrogen (secondary N) is 1. The van der Waals surface area contributed by atoms with Gasteiger partial charge in [-0.05, 0) is 44.9 Å². The predicted octanol–water partition coefficient (Wildman–Crippen LogP) is 4.92. The Morgan fingerprint density at radius 3 is 2.75 bits per heavy atom. The highest BCUT2D eigenvalue weighted by atomic mass is 35.5. The predicted molar refractivity (Wildman–Crippen MR) is 112 cm³/mol. The molecule has 0 aliphatic carbocycles. The third-order valence-electron chi connectivity index (χ3n) is 4.95. The molecular weight excluding hydrogens is 396 g/mol. The van der Waals surface area contributed by atoms with Crippen LogP contribution >= 0.6 is 22.9 Å². The molecule has 1 amide bonds. The largest absolute Gasteiger partial charge is 0.466 e. The molecule has 3 aromatic rings. The Kier molecular flexibility index (Phi) is 5.37. The molecule has 4 rings (SSSR count). The van der Waals surface area contributed by atoms with Gasteiger partial charge in [-0.3, -0.25) is 4.79 Å². The van der Waals surface area contributed by atoms with E-state index in [1.54, 1.807) is 6.20 Å². The second kappa shape index (κ2) is 7.93. The minimum Gasteiger partial charge on any atom is -0.466 e. The first-order valence-electron chi connectivity index (χ1n) is 9.20. The molecule has 28 heavy (non-hydrogen) atoms. The van der Waals surface area contributed by atoms with Crippen molar-refractivity contribution in [2.24, 2.45) is 5.92 Å². The van der Waals surface area contributed by atoms with Crippen molar-refractivity contribution in [1.82, 2.24) is 9.97 Å². The van der Waals surface area contributed by atoms with Gasteiger partial charge in [0, 0.05) is 36.1 Å². The van der Waals surface area contributed by atoms with Gasteiger partial charge < -0.3 is 14.6 Å². The molecule has 1 aliphatic rings. The van der Waals surface area contributed by atoms with Gasteiger partial charge in [0.15, 0.2) is 5.13 Å². The number of hydrogen-bond donors (Lipinski definition) is 1. The Bertz CT molecular complexity index is 975. The topological polar surface area (TPSA) is 71.3 Å². The average molecular weight is 417 g/mol. The summed E-state index contributed by atoms with van der Waals surface area (Å²) in [5.41, 5.74) is 1.80. The van der Waals surface area contributed by atoms with E-state index >= 15 is 0 Å². The first-order chi connectivity index (χ1) is 13.5. The Labute approximate surface area is 172 Å². The molecule has 0 aromatic carbocycles. The van der Waals surface area contributed by atoms with Gasteiger partial charge >= 0.3 is 0 Å². The van der Waals surface area contributed by atoms with Crippen LogP contribution in [-0.4, -0.2) is 29.0 Å². The Morgan fingerprint density at radius 1 is 1.32 bits per heavy atom. The molecule has 8 heteroatoms. The molecule has 0 unspecified atom stereocenters. The number of anilines is 2. The number of carbonyl (C=O) groups is 1. The van der Waals surface area contributed by atoms with Crippen LogP contribution in [0, 0.1) is 19.8 Å². The van der Waals surface area contributed by atoms with Gasteiger partial charge in [-0.2, -0.15) is 0 Å². The van der Waals surface area contributed by atoms with Crippen LogP contribution in [-0.2, 0) is 4.79 Å². The molecule has 0 bridgehead atoms. The molecule has 3 aromatic heterocycles. The first kappa shape index (κ1) is 19.0. The van der Waals surface area contributed by atoms with Crippen LogP contribution < -0.4 is 10.2 Å². The number of rotatable bonds is 4. The van der Waals surface area contributed by atoms with Gasteiger partial charge in [-0.1, -0.05) is 11.6 Å². The van der Waals surface area contributed by atoms with E-state index in [1.807, 2.05) is 37.4 Å². The zero-order valence-corrected chi connectivity index (χ0v) is 17.3. The summed E-state index contributed by atoms with van der Waals surface area (Å²) < 4.78 is 5.57. The monoisotopic (exact) mass is 416 g/mol. The molecule has 1 saturated heterocycles. The van der Waals surface area contributed by atoms with Crippen LogP contribution in [0.25, 0.3) is 11.3 Å². The second-order valence-electron chi connectivity index (χ2n) is 6.95. The Hall–Kier alpha value is -2.38. The lowest BCUT2D eigenvalue weighted by molar-refractivity contribution is -0.120. The van der Waals surface area contributed by atoms with Crippen molar-refractivity contribution in [3.63, 3.8) is 0 Å². The minimum atomic E-state index is -0.0196. The summed E-state index contributed by atoms with van der Waals surface area (Å²) in [6.07, 6.45) is 3.22. The Balaban J connectivity index is 1.35. The fourth-order valence-corrected chi connectivity index (χ4v) is 4.30. The summed E-state index contributed by atoms with van der Waals surface area (Å²) in [5.74, 6) is 2.61. The highest BCUT2D eigenvalue weighted by molar-refractivity contribution is 7.14. The van der Waals surface area contributed by atoms with E-state index in [0.29, 0.717) is 10.2 Å². The van der Waals surface area contributed by atoms with E-state index in [0.717, 1.165) is 54.5 Å². The maximum absolute atomic E-state index is 12.7. The molecular formula is C20H21ClN4O2S. The summed E-state index contributed by atoms with van der Waals surface area (Å²) in [4.78, 5) is 23.8. The fraction of sp³-hybridized carbons (Fsp3) is 0.350. The van der Waals surface area contributed by atoms with Crippen LogP contribution in [0.1, 0.15) is 24.4 Å². The van der Waals surface area contributed by atoms with Crippen LogP contribution in [0.5, 0.6) is 0 Å². The van der Waals surface area contributed by atoms with Crippen molar-refractivity contribution >= 4 is 39.8 Å². The number of nitrogens with zero attached hydrogens (tertiary/aromatic N) is 3. The van der Waals surface area contributed by atoms with Crippen LogP contribution in [0.2, 0.25) is 5.02 Å². The maximum atomic E-state index is 12.7. The zero-order chi connectivity index (χ0) is 19.7. The summed E-state index contributed by atoms with van der Waals surface area (Å²) in [6, 6.07) is 5.72. The van der Waals surface area contributed by atoms with E-state index in [4.69, 9.17) is 16.0 Å². The molecule has 0 atom stereocenters. The van der Waals surface area contributed by atoms with Crippen LogP contribution in [0.4, 0.5) is 10.9 Å². The van der Waals surface area contributed by atoms with Crippen molar-refractivity contribution in [1.29, 1.82) is 0 Å². The van der Waals surface area contributed by atoms with Crippen molar-refractivity contribution in [3.05, 3.63) is 46.3 Å². The molecule has 0 saturated carbocycles. The Morgan fingerprint density at radius 2 is 2.11 bits per heavy atom. The van der Waals surface area contributed by atoms with Crippen molar-refractivity contribution in [2.75, 3.05) is 23.3 Å². The number of piperidine rings is 1. The number of pyridine rings is 1. The smallest absolute Gasteiger partial charge is 0.229 e. The lowest BCUT2D eigenvalue weighted by Crippen LogP contribution is -2.38. The molecule has 6 nitrogen and oxygen atoms in total. The number of amides is 1. The number of thiazole rings is 1. The summed E-state index contributed by atoms with van der Waals surface area (Å²) in [6.45, 7) is 5.42. The quantitative estimate of drug-likeness (QED) is 0.653. The zero-order valence-electron chi connectivity index (χ0n) is 15.7. The van der Waals surface area contributed by atoms with E-state index in [2.05, 4.69) is 20.2 Å². The molecule has 0 spiro atoms. The normalized spacial score (nSPS) is 15.0. The van der Waals surface area contributed by atoms with Crippen molar-refractivity contribution < 1.29 is 9.21 Å². The highest BCUT2D eigenvalue weighted by Crippen LogP contribution is 2.30. The standard InChI is InChI=1S/C20H21ClN4O2S/c1-12-9-16(13(2)27-12)17-11-28-20(23-17)24-19(26)14-5-7-25(8-6-14)18-4-3-15(21)10-22-18/h3-4,9-11,14H,5-8H2,1-2H3,(H,23,24,26). The lowest BCUT2D eigenvalue weighted by atomic mass is 9.96. The highest BCUT2D eigenvalue weighted by Gasteiger charge is 2.26. The molecule has 1 N–H and O–H groups in total. The van der Waals surface area contributed by atoms with E-state index < -0.39 is 0 Å². The van der Waals surface area contributed by atoms with Gasteiger partial charge in [0.1, 0.15) is 17.3 Å². The van der Waals surface area contributed by atoms with Gasteiger partial charge in [0.2, 0.25) is 5.91 Å². The summed E-state index contributed by atoms with van der Waals surface area (Å²) >= 11 is 7.33. The minimum absolute atomic E-state index is 0.0196. The van der Waals surface area contributed by atoms with E-state index in [9.17, 15) is 4.79 Å². The van der Waals surface area contributed by atoms with Crippen molar-refractivity contribution in [3.8, 4) is 11.3 Å². The number of halogens is 1.